The van der Waals surface area contributed by atoms with E-state index < -0.39 is 32.8 Å². The van der Waals surface area contributed by atoms with Gasteiger partial charge in [0.15, 0.2) is 0 Å². The van der Waals surface area contributed by atoms with E-state index in [1.165, 1.54) is 6.92 Å². The predicted octanol–water partition coefficient (Wildman–Crippen LogP) is 1.91. The summed E-state index contributed by atoms with van der Waals surface area (Å²) in [5.41, 5.74) is 6.66. The summed E-state index contributed by atoms with van der Waals surface area (Å²) >= 11 is 0. The van der Waals surface area contributed by atoms with E-state index in [9.17, 15) is 18.0 Å². The summed E-state index contributed by atoms with van der Waals surface area (Å²) in [6.45, 7) is 3.37. The number of aryl methyl sites for hydroxylation is 1. The first-order valence-corrected chi connectivity index (χ1v) is 7.93. The number of benzene rings is 1. The second-order valence-corrected chi connectivity index (χ2v) is 5.11. The van der Waals surface area contributed by atoms with Crippen LogP contribution in [0, 0.1) is 18.4 Å². The fourth-order valence-corrected chi connectivity index (χ4v) is 2.06. The van der Waals surface area contributed by atoms with Crippen molar-refractivity contribution >= 4 is 21.2 Å². The molecule has 3 nitrogen and oxygen atoms in total. The molecule has 0 spiro atoms. The lowest BCUT2D eigenvalue weighted by atomic mass is 9.95. The third-order valence-electron chi connectivity index (χ3n) is 2.65. The summed E-state index contributed by atoms with van der Waals surface area (Å²) in [5, 5.41) is 0. The van der Waals surface area contributed by atoms with Gasteiger partial charge in [0.05, 0.1) is 29.5 Å². The van der Waals surface area contributed by atoms with E-state index >= 15 is 0 Å². The fourth-order valence-electron chi connectivity index (χ4n) is 1.70. The number of carbonyl (C=O) groups is 1. The van der Waals surface area contributed by atoms with Crippen LogP contribution in [-0.4, -0.2) is 22.6 Å². The molecular weight excluding hydrogens is 287 g/mol. The van der Waals surface area contributed by atoms with Crippen LogP contribution in [0.5, 0.6) is 0 Å². The van der Waals surface area contributed by atoms with Crippen molar-refractivity contribution in [3.63, 3.8) is 0 Å². The van der Waals surface area contributed by atoms with Gasteiger partial charge in [-0.25, -0.2) is 4.79 Å². The molecule has 1 rings (SSSR count). The molecule has 108 valence electrons. The van der Waals surface area contributed by atoms with E-state index in [4.69, 9.17) is 5.73 Å². The van der Waals surface area contributed by atoms with Gasteiger partial charge in [-0.05, 0) is 18.6 Å². The minimum absolute atomic E-state index is 0.0556. The fraction of sp³-hybridized carbons (Fsp3) is 0.308. The van der Waals surface area contributed by atoms with Crippen molar-refractivity contribution < 1.29 is 22.7 Å². The van der Waals surface area contributed by atoms with Gasteiger partial charge in [0.1, 0.15) is 9.52 Å². The monoisotopic (exact) mass is 301 g/mol. The van der Waals surface area contributed by atoms with Crippen LogP contribution in [0.4, 0.5) is 18.9 Å². The average molecular weight is 301 g/mol. The Hall–Kier alpha value is -1.94. The molecule has 1 aromatic carbocycles. The first kappa shape index (κ1) is 16.1. The molecule has 20 heavy (non-hydrogen) atoms. The highest BCUT2D eigenvalue weighted by molar-refractivity contribution is 6.44. The quantitative estimate of drug-likeness (QED) is 0.373. The number of nitrogen functional groups attached to an aromatic ring is 1. The van der Waals surface area contributed by atoms with E-state index in [1.54, 1.807) is 0 Å². The first-order chi connectivity index (χ1) is 9.23. The van der Waals surface area contributed by atoms with E-state index in [0.717, 1.165) is 13.2 Å². The molecule has 0 saturated carbocycles. The molecule has 0 aromatic heterocycles. The molecule has 0 atom stereocenters. The minimum Gasteiger partial charge on any atom is -0.465 e. The van der Waals surface area contributed by atoms with Gasteiger partial charge in [-0.2, -0.15) is 13.2 Å². The maximum atomic E-state index is 13.2. The average Bonchev–Trinajstić information content (AvgIpc) is 2.37. The molecule has 1 aromatic rings. The summed E-state index contributed by atoms with van der Waals surface area (Å²) in [7, 11) is 0.271. The van der Waals surface area contributed by atoms with Gasteiger partial charge >= 0.3 is 12.1 Å². The summed E-state index contributed by atoms with van der Waals surface area (Å²) < 4.78 is 44.1. The molecule has 2 N–H and O–H groups in total. The maximum absolute atomic E-state index is 13.2. The van der Waals surface area contributed by atoms with Gasteiger partial charge < -0.3 is 10.5 Å². The molecule has 0 bridgehead atoms. The van der Waals surface area contributed by atoms with Crippen molar-refractivity contribution in [1.29, 1.82) is 0 Å². The SMILES string of the molecule is COC(=O)c1cc(C)c(N)c(C#C[SiH2]C)c1C(F)(F)F. The van der Waals surface area contributed by atoms with Crippen LogP contribution >= 0.6 is 0 Å². The Morgan fingerprint density at radius 1 is 1.45 bits per heavy atom. The minimum atomic E-state index is -4.73. The van der Waals surface area contributed by atoms with Gasteiger partial charge in [0.2, 0.25) is 0 Å². The van der Waals surface area contributed by atoms with Crippen LogP contribution in [0.1, 0.15) is 27.0 Å². The van der Waals surface area contributed by atoms with Crippen LogP contribution in [0.2, 0.25) is 6.55 Å². The Morgan fingerprint density at radius 3 is 2.50 bits per heavy atom. The molecule has 0 saturated heterocycles. The van der Waals surface area contributed by atoms with Crippen molar-refractivity contribution in [3.05, 3.63) is 28.3 Å². The number of alkyl halides is 3. The normalized spacial score (nSPS) is 11.3. The largest absolute Gasteiger partial charge is 0.465 e. The van der Waals surface area contributed by atoms with Crippen molar-refractivity contribution in [2.75, 3.05) is 12.8 Å². The molecule has 0 aliphatic rings. The Labute approximate surface area is 117 Å². The number of esters is 1. The van der Waals surface area contributed by atoms with Gasteiger partial charge in [-0.15, -0.1) is 5.54 Å². The molecule has 0 aliphatic carbocycles. The molecule has 0 heterocycles. The van der Waals surface area contributed by atoms with E-state index in [0.29, 0.717) is 5.56 Å². The lowest BCUT2D eigenvalue weighted by molar-refractivity contribution is -0.138. The Kier molecular flexibility index (Phi) is 4.84. The third-order valence-corrected chi connectivity index (χ3v) is 3.18. The number of nitrogens with two attached hydrogens (primary N) is 1. The third kappa shape index (κ3) is 3.14. The van der Waals surface area contributed by atoms with Crippen LogP contribution in [0.3, 0.4) is 0 Å². The number of carbonyl (C=O) groups excluding carboxylic acids is 1. The van der Waals surface area contributed by atoms with Crippen LogP contribution < -0.4 is 5.73 Å². The maximum Gasteiger partial charge on any atom is 0.418 e. The topological polar surface area (TPSA) is 52.3 Å². The summed E-state index contributed by atoms with van der Waals surface area (Å²) in [6.07, 6.45) is -4.73. The lowest BCUT2D eigenvalue weighted by Gasteiger charge is -2.17. The lowest BCUT2D eigenvalue weighted by Crippen LogP contribution is -2.18. The number of ether oxygens (including phenoxy) is 1. The summed E-state index contributed by atoms with van der Waals surface area (Å²) in [5.74, 6) is 1.40. The van der Waals surface area contributed by atoms with Crippen LogP contribution in [0.25, 0.3) is 0 Å². The van der Waals surface area contributed by atoms with E-state index in [2.05, 4.69) is 16.2 Å². The van der Waals surface area contributed by atoms with Crippen molar-refractivity contribution in [3.8, 4) is 11.5 Å². The highest BCUT2D eigenvalue weighted by Crippen LogP contribution is 2.38. The molecule has 7 heteroatoms. The van der Waals surface area contributed by atoms with Gasteiger partial charge in [0, 0.05) is 0 Å². The zero-order chi connectivity index (χ0) is 15.5. The van der Waals surface area contributed by atoms with Crippen molar-refractivity contribution in [2.24, 2.45) is 0 Å². The second kappa shape index (κ2) is 6.01. The van der Waals surface area contributed by atoms with Crippen LogP contribution in [0.15, 0.2) is 6.07 Å². The number of methoxy groups -OCH3 is 1. The van der Waals surface area contributed by atoms with Gasteiger partial charge in [-0.1, -0.05) is 12.5 Å². The molecule has 0 amide bonds. The summed E-state index contributed by atoms with van der Waals surface area (Å²) in [6, 6.07) is 1.08. The standard InChI is InChI=1S/C13H14F3NO2Si/c1-7-6-9(12(18)19-2)10(13(14,15)16)8(11(7)17)4-5-20-3/h6H,17,20H2,1-3H3. The number of anilines is 1. The number of hydrogen-bond donors (Lipinski definition) is 1. The zero-order valence-electron chi connectivity index (χ0n) is 11.3. The number of halogens is 3. The van der Waals surface area contributed by atoms with E-state index in [-0.39, 0.29) is 11.3 Å². The smallest absolute Gasteiger partial charge is 0.418 e. The van der Waals surface area contributed by atoms with Crippen molar-refractivity contribution in [1.82, 2.24) is 0 Å². The van der Waals surface area contributed by atoms with Gasteiger partial charge in [0.25, 0.3) is 0 Å². The molecule has 0 fully saturated rings. The molecular formula is C13H14F3NO2Si. The Bertz CT molecular complexity index is 600. The highest BCUT2D eigenvalue weighted by atomic mass is 28.2. The Morgan fingerprint density at radius 2 is 2.05 bits per heavy atom. The van der Waals surface area contributed by atoms with Crippen molar-refractivity contribution in [2.45, 2.75) is 19.6 Å². The number of hydrogen-bond acceptors (Lipinski definition) is 3. The zero-order valence-corrected chi connectivity index (χ0v) is 12.7. The van der Waals surface area contributed by atoms with Gasteiger partial charge in [-0.3, -0.25) is 0 Å². The summed E-state index contributed by atoms with van der Waals surface area (Å²) in [4.78, 5) is 11.6. The Balaban J connectivity index is 3.79. The number of rotatable bonds is 1. The van der Waals surface area contributed by atoms with Crippen LogP contribution in [-0.2, 0) is 10.9 Å². The molecule has 0 unspecified atom stereocenters. The highest BCUT2D eigenvalue weighted by Gasteiger charge is 2.39. The second-order valence-electron chi connectivity index (χ2n) is 4.05. The molecule has 0 radical (unpaired) electrons. The molecule has 0 aliphatic heterocycles. The van der Waals surface area contributed by atoms with E-state index in [1.807, 2.05) is 6.55 Å². The first-order valence-electron chi connectivity index (χ1n) is 5.81. The predicted molar refractivity (Wildman–Crippen MR) is 73.2 cm³/mol.